The van der Waals surface area contributed by atoms with Crippen LogP contribution < -0.4 is 5.32 Å². The molecule has 0 aliphatic heterocycles. The van der Waals surface area contributed by atoms with Crippen molar-refractivity contribution < 1.29 is 37.6 Å². The van der Waals surface area contributed by atoms with Crippen LogP contribution in [0.25, 0.3) is 0 Å². The maximum atomic E-state index is 12.3. The van der Waals surface area contributed by atoms with Gasteiger partial charge in [0.05, 0.1) is 18.6 Å². The zero-order valence-electron chi connectivity index (χ0n) is 15.1. The third-order valence-electron chi connectivity index (χ3n) is 2.41. The average molecular weight is 369 g/mol. The third kappa shape index (κ3) is 11.4. The van der Waals surface area contributed by atoms with Crippen LogP contribution in [0.4, 0.5) is 4.79 Å². The molecule has 142 valence electrons. The largest absolute Gasteiger partial charge is 0.481 e. The van der Waals surface area contributed by atoms with Crippen molar-refractivity contribution in [1.82, 2.24) is 5.32 Å². The topological polar surface area (TPSA) is 120 Å². The minimum Gasteiger partial charge on any atom is -0.481 e. The molecule has 0 aromatic heterocycles. The Morgan fingerprint density at radius 1 is 1.12 bits per heavy atom. The van der Waals surface area contributed by atoms with Gasteiger partial charge in [-0.05, 0) is 33.1 Å². The number of alkyl carbamates (subject to hydrolysis) is 1. The summed E-state index contributed by atoms with van der Waals surface area (Å²) >= 11 is 0. The highest BCUT2D eigenvalue weighted by Gasteiger charge is 2.33. The molecule has 1 atom stereocenters. The van der Waals surface area contributed by atoms with Crippen LogP contribution in [-0.2, 0) is 27.7 Å². The standard InChI is InChI=1S/C14H28NO8P/c1-7-21-24(19,23-13(2,3)4)22-10-20-12(18)15-9-14(5,6)8-11(16)17/h7-10H2,1-6H3,(H,15,18)(H,16,17). The number of nitrogens with one attached hydrogen (secondary N) is 1. The first kappa shape index (κ1) is 22.9. The number of aliphatic carboxylic acids is 1. The molecule has 0 saturated carbocycles. The second kappa shape index (κ2) is 9.36. The smallest absolute Gasteiger partial charge is 0.478 e. The molecule has 0 saturated heterocycles. The van der Waals surface area contributed by atoms with Crippen LogP contribution in [0.2, 0.25) is 0 Å². The fourth-order valence-electron chi connectivity index (χ4n) is 1.56. The maximum Gasteiger partial charge on any atom is 0.478 e. The third-order valence-corrected chi connectivity index (χ3v) is 4.18. The van der Waals surface area contributed by atoms with E-state index >= 15 is 0 Å². The Hall–Kier alpha value is -1.15. The molecule has 24 heavy (non-hydrogen) atoms. The van der Waals surface area contributed by atoms with Gasteiger partial charge in [0.1, 0.15) is 0 Å². The van der Waals surface area contributed by atoms with E-state index in [9.17, 15) is 14.2 Å². The van der Waals surface area contributed by atoms with Crippen molar-refractivity contribution in [3.8, 4) is 0 Å². The molecule has 0 aliphatic rings. The Morgan fingerprint density at radius 3 is 2.17 bits per heavy atom. The van der Waals surface area contributed by atoms with Gasteiger partial charge in [-0.1, -0.05) is 13.8 Å². The second-order valence-electron chi connectivity index (χ2n) is 6.84. The molecule has 0 bridgehead atoms. The lowest BCUT2D eigenvalue weighted by Crippen LogP contribution is -2.36. The summed E-state index contributed by atoms with van der Waals surface area (Å²) in [4.78, 5) is 22.3. The summed E-state index contributed by atoms with van der Waals surface area (Å²) in [5.41, 5.74) is -1.41. The maximum absolute atomic E-state index is 12.3. The van der Waals surface area contributed by atoms with Crippen molar-refractivity contribution in [2.24, 2.45) is 5.41 Å². The summed E-state index contributed by atoms with van der Waals surface area (Å²) in [7, 11) is -3.85. The van der Waals surface area contributed by atoms with Crippen LogP contribution in [0.15, 0.2) is 0 Å². The fraction of sp³-hybridized carbons (Fsp3) is 0.857. The van der Waals surface area contributed by atoms with E-state index in [1.54, 1.807) is 41.5 Å². The number of hydrogen-bond donors (Lipinski definition) is 2. The van der Waals surface area contributed by atoms with Gasteiger partial charge < -0.3 is 15.2 Å². The van der Waals surface area contributed by atoms with Gasteiger partial charge in [0, 0.05) is 6.54 Å². The number of ether oxygens (including phenoxy) is 1. The molecule has 1 amide bonds. The zero-order chi connectivity index (χ0) is 19.0. The lowest BCUT2D eigenvalue weighted by atomic mass is 9.89. The summed E-state index contributed by atoms with van der Waals surface area (Å²) in [6.45, 7) is 9.62. The van der Waals surface area contributed by atoms with Gasteiger partial charge in [-0.25, -0.2) is 13.9 Å². The molecular weight excluding hydrogens is 341 g/mol. The minimum absolute atomic E-state index is 0.0970. The molecule has 9 nitrogen and oxygen atoms in total. The van der Waals surface area contributed by atoms with Crippen molar-refractivity contribution >= 4 is 19.9 Å². The molecule has 0 aromatic carbocycles. The SMILES string of the molecule is CCOP(=O)(OCOC(=O)NCC(C)(C)CC(=O)O)OC(C)(C)C. The number of carboxylic acid groups (broad SMARTS) is 1. The molecule has 0 spiro atoms. The number of phosphoric ester groups is 1. The monoisotopic (exact) mass is 369 g/mol. The van der Waals surface area contributed by atoms with Crippen LogP contribution in [-0.4, -0.2) is 42.7 Å². The van der Waals surface area contributed by atoms with Crippen molar-refractivity contribution in [3.05, 3.63) is 0 Å². The Morgan fingerprint density at radius 2 is 1.71 bits per heavy atom. The first-order valence-electron chi connectivity index (χ1n) is 7.51. The van der Waals surface area contributed by atoms with Crippen LogP contribution in [0, 0.1) is 5.41 Å². The Balaban J connectivity index is 4.34. The molecule has 0 rings (SSSR count). The van der Waals surface area contributed by atoms with Crippen LogP contribution in [0.5, 0.6) is 0 Å². The fourth-order valence-corrected chi connectivity index (χ4v) is 2.91. The van der Waals surface area contributed by atoms with E-state index in [4.69, 9.17) is 23.4 Å². The highest BCUT2D eigenvalue weighted by atomic mass is 31.2. The van der Waals surface area contributed by atoms with Gasteiger partial charge in [0.2, 0.25) is 6.79 Å². The van der Waals surface area contributed by atoms with Gasteiger partial charge >= 0.3 is 19.9 Å². The minimum atomic E-state index is -3.85. The molecule has 0 aromatic rings. The normalized spacial score (nSPS) is 14.8. The first-order chi connectivity index (χ1) is 10.8. The number of rotatable bonds is 10. The summed E-state index contributed by atoms with van der Waals surface area (Å²) in [5.74, 6) is -0.963. The molecule has 1 unspecified atom stereocenters. The number of hydrogen-bond acceptors (Lipinski definition) is 7. The van der Waals surface area contributed by atoms with Gasteiger partial charge in [-0.3, -0.25) is 13.8 Å². The van der Waals surface area contributed by atoms with E-state index < -0.39 is 37.7 Å². The summed E-state index contributed by atoms with van der Waals surface area (Å²) in [5, 5.41) is 11.2. The molecule has 0 heterocycles. The lowest BCUT2D eigenvalue weighted by molar-refractivity contribution is -0.139. The van der Waals surface area contributed by atoms with Gasteiger partial charge in [-0.2, -0.15) is 0 Å². The summed E-state index contributed by atoms with van der Waals surface area (Å²) in [6, 6.07) is 0. The number of phosphoric acid groups is 1. The van der Waals surface area contributed by atoms with E-state index in [0.717, 1.165) is 0 Å². The van der Waals surface area contributed by atoms with E-state index in [1.807, 2.05) is 0 Å². The molecule has 10 heteroatoms. The quantitative estimate of drug-likeness (QED) is 0.445. The van der Waals surface area contributed by atoms with Crippen molar-refractivity contribution in [2.75, 3.05) is 19.9 Å². The zero-order valence-corrected chi connectivity index (χ0v) is 16.0. The number of amides is 1. The number of carbonyl (C=O) groups excluding carboxylic acids is 1. The van der Waals surface area contributed by atoms with Crippen molar-refractivity contribution in [2.45, 2.75) is 53.6 Å². The Kier molecular flexibility index (Phi) is 8.91. The lowest BCUT2D eigenvalue weighted by Gasteiger charge is -2.25. The Bertz CT molecular complexity index is 472. The van der Waals surface area contributed by atoms with Gasteiger partial charge in [-0.15, -0.1) is 0 Å². The van der Waals surface area contributed by atoms with Crippen molar-refractivity contribution in [3.63, 3.8) is 0 Å². The second-order valence-corrected chi connectivity index (χ2v) is 8.43. The molecule has 0 aliphatic carbocycles. The molecule has 0 radical (unpaired) electrons. The van der Waals surface area contributed by atoms with Gasteiger partial charge in [0.15, 0.2) is 0 Å². The van der Waals surface area contributed by atoms with Crippen LogP contribution in [0.1, 0.15) is 48.0 Å². The molecule has 0 fully saturated rings. The summed E-state index contributed by atoms with van der Waals surface area (Å²) < 4.78 is 32.2. The van der Waals surface area contributed by atoms with E-state index in [2.05, 4.69) is 5.32 Å². The highest BCUT2D eigenvalue weighted by molar-refractivity contribution is 7.48. The van der Waals surface area contributed by atoms with E-state index in [-0.39, 0.29) is 19.6 Å². The van der Waals surface area contributed by atoms with Crippen molar-refractivity contribution in [1.29, 1.82) is 0 Å². The van der Waals surface area contributed by atoms with E-state index in [0.29, 0.717) is 0 Å². The van der Waals surface area contributed by atoms with E-state index in [1.165, 1.54) is 0 Å². The average Bonchev–Trinajstić information content (AvgIpc) is 2.32. The first-order valence-corrected chi connectivity index (χ1v) is 8.97. The number of carboxylic acids is 1. The van der Waals surface area contributed by atoms with Crippen LogP contribution >= 0.6 is 7.82 Å². The molecular formula is C14H28NO8P. The van der Waals surface area contributed by atoms with Gasteiger partial charge in [0.25, 0.3) is 0 Å². The predicted octanol–water partition coefficient (Wildman–Crippen LogP) is 3.15. The molecule has 2 N–H and O–H groups in total. The van der Waals surface area contributed by atoms with Crippen LogP contribution in [0.3, 0.4) is 0 Å². The summed E-state index contributed by atoms with van der Waals surface area (Å²) in [6.07, 6.45) is -0.935. The highest BCUT2D eigenvalue weighted by Crippen LogP contribution is 2.52. The number of carbonyl (C=O) groups is 2. The Labute approximate surface area is 142 Å². The predicted molar refractivity (Wildman–Crippen MR) is 86.5 cm³/mol.